The van der Waals surface area contributed by atoms with Crippen molar-refractivity contribution in [1.29, 1.82) is 0 Å². The third kappa shape index (κ3) is 3.97. The van der Waals surface area contributed by atoms with E-state index in [0.717, 1.165) is 5.56 Å². The predicted molar refractivity (Wildman–Crippen MR) is 77.2 cm³/mol. The Bertz CT molecular complexity index is 621. The van der Waals surface area contributed by atoms with Crippen LogP contribution >= 0.6 is 11.6 Å². The molecule has 1 aromatic heterocycles. The molecule has 0 unspecified atom stereocenters. The topological polar surface area (TPSA) is 30.2 Å². The van der Waals surface area contributed by atoms with Gasteiger partial charge in [0.15, 0.2) is 5.76 Å². The van der Waals surface area contributed by atoms with Gasteiger partial charge >= 0.3 is 0 Å². The van der Waals surface area contributed by atoms with Gasteiger partial charge in [0, 0.05) is 5.03 Å². The van der Waals surface area contributed by atoms with Crippen LogP contribution in [0.4, 0.5) is 0 Å². The number of halogens is 1. The summed E-state index contributed by atoms with van der Waals surface area (Å²) in [4.78, 5) is 11.7. The van der Waals surface area contributed by atoms with E-state index in [-0.39, 0.29) is 5.78 Å². The molecule has 3 heteroatoms. The van der Waals surface area contributed by atoms with Crippen LogP contribution in [0.2, 0.25) is 0 Å². The van der Waals surface area contributed by atoms with Crippen LogP contribution in [0.5, 0.6) is 0 Å². The Morgan fingerprint density at radius 2 is 1.84 bits per heavy atom. The lowest BCUT2D eigenvalue weighted by Gasteiger charge is -1.93. The summed E-state index contributed by atoms with van der Waals surface area (Å²) in [5.74, 6) is 0.827. The molecule has 0 saturated carbocycles. The number of rotatable bonds is 4. The van der Waals surface area contributed by atoms with Gasteiger partial charge in [0.1, 0.15) is 5.76 Å². The van der Waals surface area contributed by atoms with E-state index in [4.69, 9.17) is 16.0 Å². The highest BCUT2D eigenvalue weighted by atomic mass is 35.5. The monoisotopic (exact) mass is 272 g/mol. The highest BCUT2D eigenvalue weighted by Gasteiger charge is 2.05. The van der Waals surface area contributed by atoms with Gasteiger partial charge in [-0.05, 0) is 42.8 Å². The lowest BCUT2D eigenvalue weighted by molar-refractivity contribution is 0.102. The molecule has 0 saturated heterocycles. The zero-order chi connectivity index (χ0) is 13.7. The maximum absolute atomic E-state index is 11.7. The summed E-state index contributed by atoms with van der Waals surface area (Å²) in [5, 5.41) is 0.489. The number of benzene rings is 1. The molecule has 96 valence electrons. The van der Waals surface area contributed by atoms with Crippen molar-refractivity contribution < 1.29 is 9.21 Å². The molecule has 0 amide bonds. The number of furan rings is 1. The summed E-state index contributed by atoms with van der Waals surface area (Å²) >= 11 is 6.04. The van der Waals surface area contributed by atoms with Crippen LogP contribution < -0.4 is 0 Å². The minimum absolute atomic E-state index is 0.201. The first-order valence-corrected chi connectivity index (χ1v) is 6.24. The largest absolute Gasteiger partial charge is 0.458 e. The normalized spacial score (nSPS) is 12.0. The smallest absolute Gasteiger partial charge is 0.221 e. The van der Waals surface area contributed by atoms with E-state index in [1.54, 1.807) is 31.2 Å². The number of carbonyl (C=O) groups is 1. The van der Waals surface area contributed by atoms with Gasteiger partial charge in [-0.3, -0.25) is 4.79 Å². The lowest BCUT2D eigenvalue weighted by atomic mass is 10.2. The average Bonchev–Trinajstić information content (AvgIpc) is 2.84. The predicted octanol–water partition coefficient (Wildman–Crippen LogP) is 4.61. The van der Waals surface area contributed by atoms with Crippen molar-refractivity contribution in [2.24, 2.45) is 0 Å². The van der Waals surface area contributed by atoms with Gasteiger partial charge in [0.25, 0.3) is 0 Å². The molecule has 2 aromatic rings. The summed E-state index contributed by atoms with van der Waals surface area (Å²) in [5.41, 5.74) is 0.985. The fraction of sp³-hybridized carbons (Fsp3) is 0.0625. The lowest BCUT2D eigenvalue weighted by Crippen LogP contribution is -1.90. The van der Waals surface area contributed by atoms with Crippen LogP contribution in [0, 0.1) is 6.92 Å². The second-order valence-corrected chi connectivity index (χ2v) is 4.48. The van der Waals surface area contributed by atoms with Crippen molar-refractivity contribution in [2.75, 3.05) is 0 Å². The summed E-state index contributed by atoms with van der Waals surface area (Å²) in [7, 11) is 0. The molecule has 0 aliphatic heterocycles. The maximum atomic E-state index is 11.7. The second-order valence-electron chi connectivity index (χ2n) is 4.05. The highest BCUT2D eigenvalue weighted by Crippen LogP contribution is 2.13. The number of carbonyl (C=O) groups excluding carboxylic acids is 1. The first kappa shape index (κ1) is 13.4. The van der Waals surface area contributed by atoms with Gasteiger partial charge < -0.3 is 4.42 Å². The number of allylic oxidation sites excluding steroid dienone is 3. The summed E-state index contributed by atoms with van der Waals surface area (Å²) in [6.45, 7) is 1.79. The summed E-state index contributed by atoms with van der Waals surface area (Å²) < 4.78 is 5.23. The standard InChI is InChI=1S/C16H13ClO2/c1-12-7-10-16(19-12)15(18)9-8-14(17)11-13-5-3-2-4-6-13/h2-11H,1H3/b9-8-,14-11-. The van der Waals surface area contributed by atoms with E-state index >= 15 is 0 Å². The van der Waals surface area contributed by atoms with Gasteiger partial charge in [-0.2, -0.15) is 0 Å². The molecule has 0 bridgehead atoms. The fourth-order valence-electron chi connectivity index (χ4n) is 1.56. The number of hydrogen-bond donors (Lipinski definition) is 0. The van der Waals surface area contributed by atoms with Crippen molar-refractivity contribution in [3.05, 3.63) is 76.7 Å². The van der Waals surface area contributed by atoms with Crippen molar-refractivity contribution in [1.82, 2.24) is 0 Å². The molecule has 19 heavy (non-hydrogen) atoms. The Balaban J connectivity index is 2.06. The average molecular weight is 273 g/mol. The Morgan fingerprint density at radius 1 is 1.11 bits per heavy atom. The van der Waals surface area contributed by atoms with Gasteiger partial charge in [0.2, 0.25) is 5.78 Å². The number of ketones is 1. The van der Waals surface area contributed by atoms with Crippen LogP contribution in [0.1, 0.15) is 21.9 Å². The van der Waals surface area contributed by atoms with Crippen molar-refractivity contribution in [3.63, 3.8) is 0 Å². The Kier molecular flexibility index (Phi) is 4.37. The molecule has 0 radical (unpaired) electrons. The van der Waals surface area contributed by atoms with Crippen LogP contribution in [0.3, 0.4) is 0 Å². The Morgan fingerprint density at radius 3 is 2.47 bits per heavy atom. The van der Waals surface area contributed by atoms with E-state index in [2.05, 4.69) is 0 Å². The minimum Gasteiger partial charge on any atom is -0.458 e. The fourth-order valence-corrected chi connectivity index (χ4v) is 1.75. The zero-order valence-corrected chi connectivity index (χ0v) is 11.2. The van der Waals surface area contributed by atoms with E-state index in [0.29, 0.717) is 16.6 Å². The second kappa shape index (κ2) is 6.21. The maximum Gasteiger partial charge on any atom is 0.221 e. The van der Waals surface area contributed by atoms with Crippen molar-refractivity contribution in [3.8, 4) is 0 Å². The Hall–Kier alpha value is -2.06. The first-order valence-electron chi connectivity index (χ1n) is 5.86. The molecular weight excluding hydrogens is 260 g/mol. The molecule has 2 rings (SSSR count). The quantitative estimate of drug-likeness (QED) is 0.462. The van der Waals surface area contributed by atoms with E-state index < -0.39 is 0 Å². The van der Waals surface area contributed by atoms with Crippen LogP contribution in [-0.4, -0.2) is 5.78 Å². The molecule has 0 fully saturated rings. The highest BCUT2D eigenvalue weighted by molar-refractivity contribution is 6.33. The zero-order valence-electron chi connectivity index (χ0n) is 10.5. The van der Waals surface area contributed by atoms with Gasteiger partial charge in [-0.15, -0.1) is 0 Å². The third-order valence-corrected chi connectivity index (χ3v) is 2.72. The van der Waals surface area contributed by atoms with E-state index in [1.165, 1.54) is 6.08 Å². The molecule has 0 N–H and O–H groups in total. The SMILES string of the molecule is Cc1ccc(C(=O)/C=C\C(Cl)=C\c2ccccc2)o1. The van der Waals surface area contributed by atoms with Gasteiger partial charge in [0.05, 0.1) is 0 Å². The molecule has 2 nitrogen and oxygen atoms in total. The van der Waals surface area contributed by atoms with E-state index in [9.17, 15) is 4.79 Å². The molecule has 0 aliphatic carbocycles. The van der Waals surface area contributed by atoms with Crippen LogP contribution in [0.25, 0.3) is 6.08 Å². The molecule has 1 aromatic carbocycles. The Labute approximate surface area is 117 Å². The van der Waals surface area contributed by atoms with Gasteiger partial charge in [-0.1, -0.05) is 41.9 Å². The molecule has 0 atom stereocenters. The summed E-state index contributed by atoms with van der Waals surface area (Å²) in [6, 6.07) is 13.1. The van der Waals surface area contributed by atoms with Crippen LogP contribution in [0.15, 0.2) is 64.1 Å². The van der Waals surface area contributed by atoms with E-state index in [1.807, 2.05) is 30.3 Å². The minimum atomic E-state index is -0.201. The van der Waals surface area contributed by atoms with Crippen molar-refractivity contribution in [2.45, 2.75) is 6.92 Å². The third-order valence-electron chi connectivity index (χ3n) is 2.48. The number of hydrogen-bond acceptors (Lipinski definition) is 2. The molecule has 1 heterocycles. The van der Waals surface area contributed by atoms with Gasteiger partial charge in [-0.25, -0.2) is 0 Å². The summed E-state index contributed by atoms with van der Waals surface area (Å²) in [6.07, 6.45) is 4.76. The number of aryl methyl sites for hydroxylation is 1. The first-order chi connectivity index (χ1) is 9.15. The molecule has 0 spiro atoms. The molecular formula is C16H13ClO2. The van der Waals surface area contributed by atoms with Crippen LogP contribution in [-0.2, 0) is 0 Å². The van der Waals surface area contributed by atoms with Crippen molar-refractivity contribution >= 4 is 23.5 Å². The molecule has 0 aliphatic rings.